The van der Waals surface area contributed by atoms with Crippen molar-refractivity contribution in [2.24, 2.45) is 16.6 Å². The highest BCUT2D eigenvalue weighted by molar-refractivity contribution is 8.11. The van der Waals surface area contributed by atoms with Crippen molar-refractivity contribution in [3.05, 3.63) is 119 Å². The molecule has 1 aliphatic rings. The predicted molar refractivity (Wildman–Crippen MR) is 241 cm³/mol. The Kier molecular flexibility index (Phi) is 15.7. The number of likely N-dealkylation sites (N-methyl/N-ethyl adjacent to an activating group) is 1. The molecule has 0 aliphatic carbocycles. The van der Waals surface area contributed by atoms with Gasteiger partial charge in [-0.2, -0.15) is 0 Å². The number of fused-ring (bicyclic) bond motifs is 5. The molecule has 4 aromatic carbocycles. The van der Waals surface area contributed by atoms with Crippen molar-refractivity contribution in [3.63, 3.8) is 0 Å². The molecule has 0 fully saturated rings. The van der Waals surface area contributed by atoms with Crippen molar-refractivity contribution in [1.29, 1.82) is 0 Å². The van der Waals surface area contributed by atoms with E-state index in [-0.39, 0.29) is 58.0 Å². The predicted octanol–water partition coefficient (Wildman–Crippen LogP) is 2.12. The molecule has 4 bridgehead atoms. The number of nitrogens with two attached hydrogens (primary N) is 3. The molecule has 5 rings (SSSR count). The van der Waals surface area contributed by atoms with Crippen molar-refractivity contribution in [2.45, 2.75) is 56.8 Å². The lowest BCUT2D eigenvalue weighted by Gasteiger charge is -2.32. The van der Waals surface area contributed by atoms with Crippen molar-refractivity contribution in [2.75, 3.05) is 13.6 Å². The van der Waals surface area contributed by atoms with Gasteiger partial charge in [0.15, 0.2) is 0 Å². The van der Waals surface area contributed by atoms with Crippen LogP contribution in [0.5, 0.6) is 11.5 Å². The summed E-state index contributed by atoms with van der Waals surface area (Å²) in [5.74, 6) is -4.64. The van der Waals surface area contributed by atoms with Crippen LogP contribution in [0.2, 0.25) is 5.02 Å². The third-order valence-electron chi connectivity index (χ3n) is 10.2. The van der Waals surface area contributed by atoms with E-state index in [4.69, 9.17) is 28.2 Å². The molecule has 12 N–H and O–H groups in total. The molecule has 0 radical (unpaired) electrons. The van der Waals surface area contributed by atoms with Crippen molar-refractivity contribution >= 4 is 61.8 Å². The number of aromatic hydroxyl groups is 2. The molecular weight excluding hydrogens is 852 g/mol. The second-order valence-corrected chi connectivity index (χ2v) is 17.2. The molecule has 0 aromatic heterocycles. The van der Waals surface area contributed by atoms with Crippen LogP contribution in [0.3, 0.4) is 0 Å². The van der Waals surface area contributed by atoms with Crippen LogP contribution < -0.4 is 37.9 Å². The van der Waals surface area contributed by atoms with Gasteiger partial charge in [-0.1, -0.05) is 48.0 Å². The van der Waals surface area contributed by atoms with Gasteiger partial charge in [0, 0.05) is 40.5 Å². The Morgan fingerprint density at radius 1 is 0.921 bits per heavy atom. The fraction of sp³-hybridized carbons (Fsp3) is 0.250. The number of unbranched alkanes of at least 4 members (excludes halogenated alkanes) is 1. The molecule has 0 saturated carbocycles. The minimum atomic E-state index is -3.52. The lowest BCUT2D eigenvalue weighted by Crippen LogP contribution is -2.56. The number of phenols is 2. The molecule has 332 valence electrons. The highest BCUT2D eigenvalue weighted by Gasteiger charge is 2.36. The number of hydrogen-bond donors (Lipinski definition) is 9. The Morgan fingerprint density at radius 2 is 1.54 bits per heavy atom. The first-order chi connectivity index (χ1) is 29.9. The fourth-order valence-electron chi connectivity index (χ4n) is 6.82. The Balaban J connectivity index is 1.49. The number of nitrogens with zero attached hydrogens (tertiary/aromatic N) is 1. The molecule has 1 heterocycles. The van der Waals surface area contributed by atoms with Crippen LogP contribution in [0.15, 0.2) is 96.8 Å². The maximum atomic E-state index is 14.5. The topological polar surface area (TPSA) is 289 Å². The average molecular weight is 901 g/mol. The van der Waals surface area contributed by atoms with Gasteiger partial charge >= 0.3 is 0 Å². The van der Waals surface area contributed by atoms with Gasteiger partial charge in [-0.25, -0.2) is 4.21 Å². The van der Waals surface area contributed by atoms with Gasteiger partial charge in [-0.15, -0.1) is 0 Å². The van der Waals surface area contributed by atoms with E-state index in [0.29, 0.717) is 30.0 Å². The van der Waals surface area contributed by atoms with E-state index in [0.717, 1.165) is 27.5 Å². The average Bonchev–Trinajstić information content (AvgIpc) is 3.26. The summed E-state index contributed by atoms with van der Waals surface area (Å²) in [6.45, 7) is 1.69. The first kappa shape index (κ1) is 47.3. The number of carbonyl (C=O) groups excluding carboxylic acids is 6. The first-order valence-corrected chi connectivity index (χ1v) is 21.8. The lowest BCUT2D eigenvalue weighted by atomic mass is 9.93. The van der Waals surface area contributed by atoms with Crippen LogP contribution in [0.1, 0.15) is 53.7 Å². The van der Waals surface area contributed by atoms with Gasteiger partial charge in [0.2, 0.25) is 29.2 Å². The van der Waals surface area contributed by atoms with E-state index < -0.39 is 63.4 Å². The van der Waals surface area contributed by atoms with Crippen LogP contribution in [0.25, 0.3) is 22.3 Å². The highest BCUT2D eigenvalue weighted by atomic mass is 35.5. The van der Waals surface area contributed by atoms with E-state index >= 15 is 0 Å². The molecule has 0 saturated heterocycles. The molecule has 1 aliphatic heterocycles. The Bertz CT molecular complexity index is 2540. The number of allylic oxidation sites excluding steroid dienone is 1. The molecule has 17 nitrogen and oxygen atoms in total. The molecular formula is C44H49ClN8O9S. The standard InChI is InChI=1S/C44H49ClN8O9S/c1-25-40(57)51-35(42(59)52-38(47)18-20-63(48,62)24-54)22-26-6-16-36(55)32(21-26)33-23-30(13-17-37(33)56)39(43(60)49-25)53(2)44(61)34(5-3-4-19-46)50-41(58)29-9-7-27(8-10-29)28-11-14-31(45)15-12-28/h6-18,20-21,23-25,34-35,39,55-56H,3-5,19,22,46-47H2,1-2H3,(H2,48,62)(H,49,60)(H,50,58)(H,51,57)(H,52,59)/b38-18+. The fourth-order valence-corrected chi connectivity index (χ4v) is 7.37. The Hall–Kier alpha value is -6.73. The Morgan fingerprint density at radius 3 is 2.17 bits per heavy atom. The molecule has 19 heteroatoms. The van der Waals surface area contributed by atoms with Crippen LogP contribution in [0.4, 0.5) is 0 Å². The second kappa shape index (κ2) is 20.9. The summed E-state index contributed by atoms with van der Waals surface area (Å²) < 4.78 is 11.9. The zero-order chi connectivity index (χ0) is 46.0. The third-order valence-corrected chi connectivity index (χ3v) is 11.4. The summed E-state index contributed by atoms with van der Waals surface area (Å²) in [6.07, 6.45) is 1.92. The normalized spacial score (nSPS) is 18.0. The van der Waals surface area contributed by atoms with Crippen LogP contribution in [-0.4, -0.2) is 91.6 Å². The summed E-state index contributed by atoms with van der Waals surface area (Å²) >= 11 is 6.04. The number of amides is 5. The van der Waals surface area contributed by atoms with Crippen molar-refractivity contribution < 1.29 is 43.2 Å². The summed E-state index contributed by atoms with van der Waals surface area (Å²) in [4.78, 5) is 82.0. The van der Waals surface area contributed by atoms with E-state index in [1.807, 2.05) is 12.1 Å². The van der Waals surface area contributed by atoms with Gasteiger partial charge in [-0.05, 0) is 110 Å². The minimum Gasteiger partial charge on any atom is -0.507 e. The smallest absolute Gasteiger partial charge is 0.251 e. The molecule has 4 aromatic rings. The zero-order valence-electron chi connectivity index (χ0n) is 34.4. The van der Waals surface area contributed by atoms with E-state index in [9.17, 15) is 43.2 Å². The second-order valence-electron chi connectivity index (χ2n) is 14.9. The number of hydrogen-bond acceptors (Lipinski definition) is 11. The number of rotatable bonds is 13. The maximum absolute atomic E-state index is 14.5. The van der Waals surface area contributed by atoms with Crippen molar-refractivity contribution in [3.8, 4) is 33.8 Å². The number of nitrogens with one attached hydrogen (secondary N) is 4. The van der Waals surface area contributed by atoms with Crippen LogP contribution in [-0.2, 0) is 40.1 Å². The van der Waals surface area contributed by atoms with Crippen LogP contribution in [0, 0.1) is 0 Å². The van der Waals surface area contributed by atoms with Gasteiger partial charge in [-0.3, -0.25) is 33.9 Å². The number of halogens is 1. The van der Waals surface area contributed by atoms with Crippen LogP contribution >= 0.6 is 11.6 Å². The zero-order valence-corrected chi connectivity index (χ0v) is 35.9. The largest absolute Gasteiger partial charge is 0.507 e. The first-order valence-electron chi connectivity index (χ1n) is 19.7. The van der Waals surface area contributed by atoms with Gasteiger partial charge < -0.3 is 47.8 Å². The molecule has 5 amide bonds. The van der Waals surface area contributed by atoms with Gasteiger partial charge in [0.05, 0.1) is 9.71 Å². The maximum Gasteiger partial charge on any atom is 0.251 e. The molecule has 5 atom stereocenters. The minimum absolute atomic E-state index is 0.0187. The van der Waals surface area contributed by atoms with Crippen molar-refractivity contribution in [1.82, 2.24) is 26.2 Å². The Labute approximate surface area is 369 Å². The molecule has 0 spiro atoms. The monoisotopic (exact) mass is 900 g/mol. The van der Waals surface area contributed by atoms with E-state index in [2.05, 4.69) is 21.3 Å². The van der Waals surface area contributed by atoms with Gasteiger partial charge in [0.25, 0.3) is 5.91 Å². The number of carbonyl (C=O) groups is 6. The molecule has 63 heavy (non-hydrogen) atoms. The summed E-state index contributed by atoms with van der Waals surface area (Å²) in [5.41, 5.74) is 14.4. The van der Waals surface area contributed by atoms with Gasteiger partial charge in [0.1, 0.15) is 41.5 Å². The number of benzene rings is 4. The summed E-state index contributed by atoms with van der Waals surface area (Å²) in [7, 11) is -2.15. The summed E-state index contributed by atoms with van der Waals surface area (Å²) in [5, 5.41) is 39.3. The SMILES string of the molecule is CC1NC(=O)C(N(C)C(=O)C(CCCCN)NC(=O)c2ccc(-c3ccc(Cl)cc3)cc2)c2ccc(O)c(c2)-c2cc(ccc2O)CC(C(=O)N/C(N)=C/C=S(N)(=O)C=O)NC1=O. The molecule has 5 unspecified atom stereocenters. The summed E-state index contributed by atoms with van der Waals surface area (Å²) in [6, 6.07) is 17.1. The quantitative estimate of drug-likeness (QED) is 0.0406. The lowest BCUT2D eigenvalue weighted by molar-refractivity contribution is -0.141. The highest BCUT2D eigenvalue weighted by Crippen LogP contribution is 2.39. The third kappa shape index (κ3) is 12.2. The van der Waals surface area contributed by atoms with E-state index in [1.54, 1.807) is 36.4 Å². The number of phenolic OH excluding ortho intramolecular Hbond substituents is 2. The van der Waals surface area contributed by atoms with E-state index in [1.165, 1.54) is 50.4 Å².